The number of amides is 1. The molecule has 0 unspecified atom stereocenters. The van der Waals surface area contributed by atoms with Crippen LogP contribution in [0.1, 0.15) is 49.6 Å². The number of carbonyl (C=O) groups is 2. The molecule has 1 aromatic heterocycles. The van der Waals surface area contributed by atoms with E-state index in [0.29, 0.717) is 28.5 Å². The van der Waals surface area contributed by atoms with E-state index in [1.807, 2.05) is 36.4 Å². The van der Waals surface area contributed by atoms with Crippen molar-refractivity contribution in [3.8, 4) is 5.75 Å². The molecule has 1 heterocycles. The van der Waals surface area contributed by atoms with Crippen molar-refractivity contribution >= 4 is 28.2 Å². The summed E-state index contributed by atoms with van der Waals surface area (Å²) in [5.74, 6) is -0.0567. The van der Waals surface area contributed by atoms with Crippen molar-refractivity contribution in [2.45, 2.75) is 32.3 Å². The Morgan fingerprint density at radius 3 is 2.63 bits per heavy atom. The maximum atomic E-state index is 12.9. The highest BCUT2D eigenvalue weighted by Gasteiger charge is 2.27. The first kappa shape index (κ1) is 20.2. The maximum absolute atomic E-state index is 12.9. The zero-order chi connectivity index (χ0) is 20.9. The lowest BCUT2D eigenvalue weighted by molar-refractivity contribution is 0.0601. The zero-order valence-corrected chi connectivity index (χ0v) is 17.6. The van der Waals surface area contributed by atoms with Gasteiger partial charge in [-0.05, 0) is 55.0 Å². The highest BCUT2D eigenvalue weighted by molar-refractivity contribution is 7.17. The summed E-state index contributed by atoms with van der Waals surface area (Å²) < 4.78 is 10.8. The van der Waals surface area contributed by atoms with Crippen molar-refractivity contribution in [1.29, 1.82) is 0 Å². The summed E-state index contributed by atoms with van der Waals surface area (Å²) in [5, 5.41) is 3.49. The van der Waals surface area contributed by atoms with Crippen molar-refractivity contribution in [3.63, 3.8) is 0 Å². The van der Waals surface area contributed by atoms with E-state index in [-0.39, 0.29) is 5.91 Å². The molecule has 3 aromatic rings. The van der Waals surface area contributed by atoms with Crippen LogP contribution in [-0.4, -0.2) is 19.0 Å². The molecule has 4 rings (SSSR count). The molecule has 0 atom stereocenters. The number of thiophene rings is 1. The summed E-state index contributed by atoms with van der Waals surface area (Å²) in [4.78, 5) is 26.4. The molecular formula is C24H23NO4S. The minimum atomic E-state index is -0.398. The number of benzene rings is 2. The average Bonchev–Trinajstić information content (AvgIpc) is 3.16. The van der Waals surface area contributed by atoms with Crippen LogP contribution < -0.4 is 10.1 Å². The molecule has 154 valence electrons. The summed E-state index contributed by atoms with van der Waals surface area (Å²) in [6.45, 7) is 0.427. The number of methoxy groups -OCH3 is 1. The molecule has 1 amide bonds. The van der Waals surface area contributed by atoms with Gasteiger partial charge in [-0.1, -0.05) is 36.4 Å². The fourth-order valence-corrected chi connectivity index (χ4v) is 4.89. The van der Waals surface area contributed by atoms with Crippen LogP contribution in [0.4, 0.5) is 5.00 Å². The van der Waals surface area contributed by atoms with Crippen molar-refractivity contribution in [3.05, 3.63) is 81.7 Å². The van der Waals surface area contributed by atoms with Gasteiger partial charge in [0.2, 0.25) is 0 Å². The largest absolute Gasteiger partial charge is 0.489 e. The van der Waals surface area contributed by atoms with Crippen LogP contribution in [0.2, 0.25) is 0 Å². The number of rotatable bonds is 6. The average molecular weight is 422 g/mol. The number of esters is 1. The van der Waals surface area contributed by atoms with E-state index in [1.165, 1.54) is 18.4 Å². The second-order valence-corrected chi connectivity index (χ2v) is 8.27. The number of hydrogen-bond acceptors (Lipinski definition) is 5. The molecule has 1 aliphatic carbocycles. The lowest BCUT2D eigenvalue weighted by Gasteiger charge is -2.12. The first-order valence-electron chi connectivity index (χ1n) is 9.96. The van der Waals surface area contributed by atoms with E-state index in [9.17, 15) is 9.59 Å². The molecule has 1 aliphatic rings. The molecule has 30 heavy (non-hydrogen) atoms. The number of fused-ring (bicyclic) bond motifs is 1. The minimum Gasteiger partial charge on any atom is -0.489 e. The van der Waals surface area contributed by atoms with Crippen LogP contribution in [0.5, 0.6) is 5.75 Å². The predicted molar refractivity (Wildman–Crippen MR) is 117 cm³/mol. The van der Waals surface area contributed by atoms with Gasteiger partial charge >= 0.3 is 5.97 Å². The van der Waals surface area contributed by atoms with E-state index < -0.39 is 5.97 Å². The van der Waals surface area contributed by atoms with Crippen molar-refractivity contribution in [1.82, 2.24) is 0 Å². The Labute approximate surface area is 179 Å². The highest BCUT2D eigenvalue weighted by atomic mass is 32.1. The highest BCUT2D eigenvalue weighted by Crippen LogP contribution is 2.38. The minimum absolute atomic E-state index is 0.274. The third-order valence-electron chi connectivity index (χ3n) is 5.13. The Kier molecular flexibility index (Phi) is 6.14. The number of carbonyl (C=O) groups excluding carboxylic acids is 2. The third-order valence-corrected chi connectivity index (χ3v) is 6.34. The van der Waals surface area contributed by atoms with Gasteiger partial charge in [0.1, 0.15) is 17.4 Å². The Morgan fingerprint density at radius 1 is 1.03 bits per heavy atom. The molecule has 0 radical (unpaired) electrons. The smallest absolute Gasteiger partial charge is 0.341 e. The molecule has 0 fully saturated rings. The van der Waals surface area contributed by atoms with Crippen LogP contribution in [0, 0.1) is 0 Å². The zero-order valence-electron chi connectivity index (χ0n) is 16.8. The van der Waals surface area contributed by atoms with Gasteiger partial charge in [-0.25, -0.2) is 4.79 Å². The number of aryl methyl sites for hydroxylation is 1. The first-order chi connectivity index (χ1) is 14.7. The third kappa shape index (κ3) is 4.39. The lowest BCUT2D eigenvalue weighted by atomic mass is 9.95. The SMILES string of the molecule is COC(=O)c1c(NC(=O)c2cccc(OCc3ccccc3)c2)sc2c1CCCC2. The van der Waals surface area contributed by atoms with E-state index in [0.717, 1.165) is 41.7 Å². The van der Waals surface area contributed by atoms with Gasteiger partial charge in [-0.3, -0.25) is 4.79 Å². The van der Waals surface area contributed by atoms with Crippen LogP contribution >= 0.6 is 11.3 Å². The van der Waals surface area contributed by atoms with E-state index in [4.69, 9.17) is 9.47 Å². The Bertz CT molecular complexity index is 1060. The van der Waals surface area contributed by atoms with Crippen LogP contribution in [0.15, 0.2) is 54.6 Å². The standard InChI is InChI=1S/C24H23NO4S/c1-28-24(27)21-19-12-5-6-13-20(19)30-23(21)25-22(26)17-10-7-11-18(14-17)29-15-16-8-3-2-4-9-16/h2-4,7-11,14H,5-6,12-13,15H2,1H3,(H,25,26). The van der Waals surface area contributed by atoms with Gasteiger partial charge in [0, 0.05) is 10.4 Å². The quantitative estimate of drug-likeness (QED) is 0.553. The topological polar surface area (TPSA) is 64.6 Å². The van der Waals surface area contributed by atoms with Crippen LogP contribution in [0.25, 0.3) is 0 Å². The summed E-state index contributed by atoms with van der Waals surface area (Å²) in [5.41, 5.74) is 3.05. The monoisotopic (exact) mass is 421 g/mol. The Balaban J connectivity index is 1.52. The van der Waals surface area contributed by atoms with Gasteiger partial charge in [-0.15, -0.1) is 11.3 Å². The van der Waals surface area contributed by atoms with E-state index in [2.05, 4.69) is 5.32 Å². The molecule has 5 nitrogen and oxygen atoms in total. The second-order valence-electron chi connectivity index (χ2n) is 7.16. The molecule has 0 aliphatic heterocycles. The van der Waals surface area contributed by atoms with Gasteiger partial charge in [0.05, 0.1) is 12.7 Å². The lowest BCUT2D eigenvalue weighted by Crippen LogP contribution is -2.15. The van der Waals surface area contributed by atoms with Gasteiger partial charge in [0.25, 0.3) is 5.91 Å². The van der Waals surface area contributed by atoms with Crippen LogP contribution in [0.3, 0.4) is 0 Å². The van der Waals surface area contributed by atoms with E-state index in [1.54, 1.807) is 18.2 Å². The Morgan fingerprint density at radius 2 is 1.83 bits per heavy atom. The van der Waals surface area contributed by atoms with Gasteiger partial charge in [0.15, 0.2) is 0 Å². The van der Waals surface area contributed by atoms with Gasteiger partial charge < -0.3 is 14.8 Å². The number of ether oxygens (including phenoxy) is 2. The molecule has 0 saturated heterocycles. The van der Waals surface area contributed by atoms with Crippen molar-refractivity contribution in [2.24, 2.45) is 0 Å². The molecule has 0 bridgehead atoms. The predicted octanol–water partition coefficient (Wildman–Crippen LogP) is 5.24. The maximum Gasteiger partial charge on any atom is 0.341 e. The Hall–Kier alpha value is -3.12. The number of anilines is 1. The van der Waals surface area contributed by atoms with E-state index >= 15 is 0 Å². The first-order valence-corrected chi connectivity index (χ1v) is 10.8. The molecule has 0 saturated carbocycles. The summed E-state index contributed by atoms with van der Waals surface area (Å²) in [7, 11) is 1.37. The molecule has 2 aromatic carbocycles. The fourth-order valence-electron chi connectivity index (χ4n) is 3.62. The number of hydrogen-bond donors (Lipinski definition) is 1. The number of nitrogens with one attached hydrogen (secondary N) is 1. The molecule has 1 N–H and O–H groups in total. The normalized spacial score (nSPS) is 12.7. The molecule has 6 heteroatoms. The van der Waals surface area contributed by atoms with Crippen molar-refractivity contribution < 1.29 is 19.1 Å². The molecular weight excluding hydrogens is 398 g/mol. The molecule has 0 spiro atoms. The van der Waals surface area contributed by atoms with Crippen LogP contribution in [-0.2, 0) is 24.2 Å². The van der Waals surface area contributed by atoms with Crippen molar-refractivity contribution in [2.75, 3.05) is 12.4 Å². The summed E-state index contributed by atoms with van der Waals surface area (Å²) in [6, 6.07) is 16.9. The van der Waals surface area contributed by atoms with Gasteiger partial charge in [-0.2, -0.15) is 0 Å². The summed E-state index contributed by atoms with van der Waals surface area (Å²) >= 11 is 1.48. The fraction of sp³-hybridized carbons (Fsp3) is 0.250. The summed E-state index contributed by atoms with van der Waals surface area (Å²) in [6.07, 6.45) is 3.92. The second kappa shape index (κ2) is 9.13.